The first-order valence-electron chi connectivity index (χ1n) is 6.93. The molecule has 1 aromatic rings. The largest absolute Gasteiger partial charge is 0.478 e. The van der Waals surface area contributed by atoms with E-state index in [-0.39, 0.29) is 5.56 Å². The molecule has 4 N–H and O–H groups in total. The number of carbonyl (C=O) groups is 1. The lowest BCUT2D eigenvalue weighted by Crippen LogP contribution is -2.20. The minimum atomic E-state index is -0.979. The number of hydrogen-bond donors (Lipinski definition) is 3. The summed E-state index contributed by atoms with van der Waals surface area (Å²) in [5, 5.41) is 12.4. The SMILES string of the molecule is CC1CCC(CNc2ccc(N)c(C(=O)O)c2)CC1. The fourth-order valence-electron chi connectivity index (χ4n) is 2.65. The summed E-state index contributed by atoms with van der Waals surface area (Å²) in [6.07, 6.45) is 5.12. The number of anilines is 2. The van der Waals surface area contributed by atoms with Crippen molar-refractivity contribution >= 4 is 17.3 Å². The summed E-state index contributed by atoms with van der Waals surface area (Å²) < 4.78 is 0. The summed E-state index contributed by atoms with van der Waals surface area (Å²) >= 11 is 0. The van der Waals surface area contributed by atoms with Crippen molar-refractivity contribution in [2.75, 3.05) is 17.6 Å². The number of carboxylic acids is 1. The summed E-state index contributed by atoms with van der Waals surface area (Å²) in [5.74, 6) is 0.570. The van der Waals surface area contributed by atoms with Gasteiger partial charge < -0.3 is 16.2 Å². The van der Waals surface area contributed by atoms with Gasteiger partial charge in [0.25, 0.3) is 0 Å². The summed E-state index contributed by atoms with van der Waals surface area (Å²) in [5.41, 5.74) is 6.95. The van der Waals surface area contributed by atoms with Crippen molar-refractivity contribution in [2.45, 2.75) is 32.6 Å². The molecule has 0 aromatic heterocycles. The van der Waals surface area contributed by atoms with Crippen LogP contribution in [0.4, 0.5) is 11.4 Å². The summed E-state index contributed by atoms with van der Waals surface area (Å²) in [7, 11) is 0. The van der Waals surface area contributed by atoms with E-state index < -0.39 is 5.97 Å². The van der Waals surface area contributed by atoms with Gasteiger partial charge in [-0.1, -0.05) is 19.8 Å². The Morgan fingerprint density at radius 3 is 2.68 bits per heavy atom. The molecule has 4 nitrogen and oxygen atoms in total. The number of benzene rings is 1. The maximum absolute atomic E-state index is 11.0. The van der Waals surface area contributed by atoms with Crippen LogP contribution in [-0.4, -0.2) is 17.6 Å². The highest BCUT2D eigenvalue weighted by molar-refractivity contribution is 5.94. The van der Waals surface area contributed by atoms with E-state index in [4.69, 9.17) is 10.8 Å². The number of hydrogen-bond acceptors (Lipinski definition) is 3. The van der Waals surface area contributed by atoms with Gasteiger partial charge in [-0.05, 0) is 42.9 Å². The Hall–Kier alpha value is -1.71. The molecule has 0 radical (unpaired) electrons. The Kier molecular flexibility index (Phi) is 4.30. The third-order valence-corrected chi connectivity index (χ3v) is 4.01. The Bertz CT molecular complexity index is 451. The highest BCUT2D eigenvalue weighted by atomic mass is 16.4. The quantitative estimate of drug-likeness (QED) is 0.728. The van der Waals surface area contributed by atoms with Crippen LogP contribution in [0.25, 0.3) is 0 Å². The van der Waals surface area contributed by atoms with Gasteiger partial charge in [0.1, 0.15) is 0 Å². The Morgan fingerprint density at radius 1 is 1.37 bits per heavy atom. The van der Waals surface area contributed by atoms with Crippen molar-refractivity contribution < 1.29 is 9.90 Å². The van der Waals surface area contributed by atoms with Crippen molar-refractivity contribution in [3.05, 3.63) is 23.8 Å². The zero-order valence-corrected chi connectivity index (χ0v) is 11.4. The lowest BCUT2D eigenvalue weighted by Gasteiger charge is -2.26. The van der Waals surface area contributed by atoms with Gasteiger partial charge in [-0.25, -0.2) is 4.79 Å². The number of nitrogen functional groups attached to an aromatic ring is 1. The van der Waals surface area contributed by atoms with Gasteiger partial charge in [0.15, 0.2) is 0 Å². The van der Waals surface area contributed by atoms with Crippen LogP contribution in [0.3, 0.4) is 0 Å². The maximum atomic E-state index is 11.0. The van der Waals surface area contributed by atoms with E-state index in [9.17, 15) is 4.79 Å². The molecule has 0 heterocycles. The topological polar surface area (TPSA) is 75.3 Å². The molecule has 1 aliphatic rings. The zero-order chi connectivity index (χ0) is 13.8. The van der Waals surface area contributed by atoms with E-state index in [1.165, 1.54) is 25.7 Å². The highest BCUT2D eigenvalue weighted by Gasteiger charge is 2.18. The van der Waals surface area contributed by atoms with Gasteiger partial charge in [0, 0.05) is 17.9 Å². The van der Waals surface area contributed by atoms with E-state index in [0.717, 1.165) is 18.2 Å². The van der Waals surface area contributed by atoms with Gasteiger partial charge in [-0.15, -0.1) is 0 Å². The molecule has 1 aromatic carbocycles. The monoisotopic (exact) mass is 262 g/mol. The molecule has 0 saturated heterocycles. The molecule has 1 fully saturated rings. The van der Waals surface area contributed by atoms with E-state index in [0.29, 0.717) is 11.6 Å². The van der Waals surface area contributed by atoms with Gasteiger partial charge in [-0.2, -0.15) is 0 Å². The molecule has 104 valence electrons. The van der Waals surface area contributed by atoms with Gasteiger partial charge in [-0.3, -0.25) is 0 Å². The highest BCUT2D eigenvalue weighted by Crippen LogP contribution is 2.28. The molecule has 4 heteroatoms. The molecule has 0 aliphatic heterocycles. The summed E-state index contributed by atoms with van der Waals surface area (Å²) in [6, 6.07) is 5.10. The van der Waals surface area contributed by atoms with E-state index in [1.54, 1.807) is 12.1 Å². The van der Waals surface area contributed by atoms with E-state index in [1.807, 2.05) is 6.07 Å². The van der Waals surface area contributed by atoms with Crippen LogP contribution >= 0.6 is 0 Å². The van der Waals surface area contributed by atoms with Gasteiger partial charge in [0.2, 0.25) is 0 Å². The van der Waals surface area contributed by atoms with Gasteiger partial charge >= 0.3 is 5.97 Å². The second kappa shape index (κ2) is 5.95. The van der Waals surface area contributed by atoms with Crippen LogP contribution in [-0.2, 0) is 0 Å². The predicted octanol–water partition coefficient (Wildman–Crippen LogP) is 3.21. The van der Waals surface area contributed by atoms with Crippen molar-refractivity contribution in [2.24, 2.45) is 11.8 Å². The van der Waals surface area contributed by atoms with Crippen LogP contribution in [0.1, 0.15) is 43.0 Å². The first-order chi connectivity index (χ1) is 9.06. The van der Waals surface area contributed by atoms with Crippen LogP contribution in [0.15, 0.2) is 18.2 Å². The Balaban J connectivity index is 1.92. The first-order valence-corrected chi connectivity index (χ1v) is 6.93. The second-order valence-electron chi connectivity index (χ2n) is 5.61. The number of rotatable bonds is 4. The van der Waals surface area contributed by atoms with E-state index >= 15 is 0 Å². The van der Waals surface area contributed by atoms with Crippen molar-refractivity contribution in [1.29, 1.82) is 0 Å². The van der Waals surface area contributed by atoms with Crippen LogP contribution < -0.4 is 11.1 Å². The number of aromatic carboxylic acids is 1. The number of carboxylic acid groups (broad SMARTS) is 1. The molecule has 2 rings (SSSR count). The molecule has 0 atom stereocenters. The van der Waals surface area contributed by atoms with Crippen LogP contribution in [0, 0.1) is 11.8 Å². The lowest BCUT2D eigenvalue weighted by molar-refractivity contribution is 0.0698. The molecule has 0 bridgehead atoms. The Morgan fingerprint density at radius 2 is 2.05 bits per heavy atom. The van der Waals surface area contributed by atoms with Crippen LogP contribution in [0.5, 0.6) is 0 Å². The molecular formula is C15H22N2O2. The maximum Gasteiger partial charge on any atom is 0.337 e. The fourth-order valence-corrected chi connectivity index (χ4v) is 2.65. The molecule has 0 spiro atoms. The third kappa shape index (κ3) is 3.63. The number of nitrogens with one attached hydrogen (secondary N) is 1. The number of nitrogens with two attached hydrogens (primary N) is 1. The molecule has 0 unspecified atom stereocenters. The fraction of sp³-hybridized carbons (Fsp3) is 0.533. The van der Waals surface area contributed by atoms with Crippen LogP contribution in [0.2, 0.25) is 0 Å². The summed E-state index contributed by atoms with van der Waals surface area (Å²) in [6.45, 7) is 3.22. The molecule has 1 aliphatic carbocycles. The lowest BCUT2D eigenvalue weighted by atomic mass is 9.83. The normalized spacial score (nSPS) is 23.0. The summed E-state index contributed by atoms with van der Waals surface area (Å²) in [4.78, 5) is 11.0. The van der Waals surface area contributed by atoms with Crippen molar-refractivity contribution in [3.63, 3.8) is 0 Å². The van der Waals surface area contributed by atoms with Gasteiger partial charge in [0.05, 0.1) is 5.56 Å². The smallest absolute Gasteiger partial charge is 0.337 e. The third-order valence-electron chi connectivity index (χ3n) is 4.01. The van der Waals surface area contributed by atoms with Crippen molar-refractivity contribution in [1.82, 2.24) is 0 Å². The second-order valence-corrected chi connectivity index (χ2v) is 5.61. The minimum absolute atomic E-state index is 0.169. The minimum Gasteiger partial charge on any atom is -0.478 e. The average Bonchev–Trinajstić information content (AvgIpc) is 2.39. The molecule has 1 saturated carbocycles. The molecule has 0 amide bonds. The first kappa shape index (κ1) is 13.7. The molecular weight excluding hydrogens is 240 g/mol. The Labute approximate surface area is 114 Å². The van der Waals surface area contributed by atoms with E-state index in [2.05, 4.69) is 12.2 Å². The standard InChI is InChI=1S/C15H22N2O2/c1-10-2-4-11(5-3-10)9-17-12-6-7-14(16)13(8-12)15(18)19/h6-8,10-11,17H,2-5,9,16H2,1H3,(H,18,19). The van der Waals surface area contributed by atoms with Crippen molar-refractivity contribution in [3.8, 4) is 0 Å². The average molecular weight is 262 g/mol. The predicted molar refractivity (Wildman–Crippen MR) is 77.4 cm³/mol. The zero-order valence-electron chi connectivity index (χ0n) is 11.4. The molecule has 19 heavy (non-hydrogen) atoms.